The zero-order valence-corrected chi connectivity index (χ0v) is 7.36. The Morgan fingerprint density at radius 3 is 2.64 bits per heavy atom. The first-order chi connectivity index (χ1) is 5.31. The highest BCUT2D eigenvalue weighted by atomic mass is 16.1. The number of hydrogen-bond donors (Lipinski definition) is 1. The van der Waals surface area contributed by atoms with Crippen LogP contribution in [0.25, 0.3) is 0 Å². The maximum absolute atomic E-state index is 10.9. The SMILES string of the molecule is [CH2]CNC(=O)CCCCCC. The second-order valence-corrected chi connectivity index (χ2v) is 2.66. The van der Waals surface area contributed by atoms with Gasteiger partial charge in [-0.3, -0.25) is 4.79 Å². The standard InChI is InChI=1S/C9H18NO/c1-3-5-6-7-8-9(11)10-4-2/h2-8H2,1H3,(H,10,11). The van der Waals surface area contributed by atoms with E-state index in [2.05, 4.69) is 19.2 Å². The Morgan fingerprint density at radius 2 is 2.09 bits per heavy atom. The average molecular weight is 156 g/mol. The molecule has 0 spiro atoms. The van der Waals surface area contributed by atoms with E-state index in [1.54, 1.807) is 0 Å². The summed E-state index contributed by atoms with van der Waals surface area (Å²) in [5.74, 6) is 0.135. The first kappa shape index (κ1) is 10.5. The summed E-state index contributed by atoms with van der Waals surface area (Å²) in [5.41, 5.74) is 0. The van der Waals surface area contributed by atoms with Gasteiger partial charge in [-0.25, -0.2) is 0 Å². The van der Waals surface area contributed by atoms with Crippen LogP contribution < -0.4 is 5.32 Å². The summed E-state index contributed by atoms with van der Waals surface area (Å²) in [6.45, 7) is 6.21. The first-order valence-corrected chi connectivity index (χ1v) is 4.37. The number of carbonyl (C=O) groups is 1. The smallest absolute Gasteiger partial charge is 0.219 e. The summed E-state index contributed by atoms with van der Waals surface area (Å²) in [4.78, 5) is 10.9. The predicted molar refractivity (Wildman–Crippen MR) is 47.1 cm³/mol. The van der Waals surface area contributed by atoms with Crippen molar-refractivity contribution >= 4 is 5.91 Å². The minimum Gasteiger partial charge on any atom is -0.356 e. The number of carbonyl (C=O) groups excluding carboxylic acids is 1. The van der Waals surface area contributed by atoms with Crippen molar-refractivity contribution in [1.29, 1.82) is 0 Å². The van der Waals surface area contributed by atoms with Gasteiger partial charge in [0, 0.05) is 13.0 Å². The highest BCUT2D eigenvalue weighted by Crippen LogP contribution is 2.01. The zero-order chi connectivity index (χ0) is 8.53. The first-order valence-electron chi connectivity index (χ1n) is 4.37. The second-order valence-electron chi connectivity index (χ2n) is 2.66. The lowest BCUT2D eigenvalue weighted by Gasteiger charge is -2.00. The molecule has 0 aromatic carbocycles. The van der Waals surface area contributed by atoms with Crippen LogP contribution in [0.4, 0.5) is 0 Å². The van der Waals surface area contributed by atoms with Crippen molar-refractivity contribution in [3.8, 4) is 0 Å². The molecule has 2 heteroatoms. The van der Waals surface area contributed by atoms with E-state index in [9.17, 15) is 4.79 Å². The fraction of sp³-hybridized carbons (Fsp3) is 0.778. The van der Waals surface area contributed by atoms with E-state index in [0.29, 0.717) is 13.0 Å². The van der Waals surface area contributed by atoms with E-state index < -0.39 is 0 Å². The number of hydrogen-bond acceptors (Lipinski definition) is 1. The summed E-state index contributed by atoms with van der Waals surface area (Å²) < 4.78 is 0. The van der Waals surface area contributed by atoms with Crippen LogP contribution in [0.1, 0.15) is 39.0 Å². The lowest BCUT2D eigenvalue weighted by atomic mass is 10.1. The van der Waals surface area contributed by atoms with Gasteiger partial charge in [-0.1, -0.05) is 26.2 Å². The van der Waals surface area contributed by atoms with E-state index in [1.807, 2.05) is 0 Å². The molecule has 0 aromatic heterocycles. The van der Waals surface area contributed by atoms with Crippen molar-refractivity contribution in [2.75, 3.05) is 6.54 Å². The van der Waals surface area contributed by atoms with E-state index >= 15 is 0 Å². The maximum atomic E-state index is 10.9. The summed E-state index contributed by atoms with van der Waals surface area (Å²) in [7, 11) is 0. The summed E-state index contributed by atoms with van der Waals surface area (Å²) in [6.07, 6.45) is 5.30. The third kappa shape index (κ3) is 7.37. The Morgan fingerprint density at radius 1 is 1.36 bits per heavy atom. The second kappa shape index (κ2) is 7.58. The zero-order valence-electron chi connectivity index (χ0n) is 7.36. The molecule has 1 N–H and O–H groups in total. The van der Waals surface area contributed by atoms with E-state index in [1.165, 1.54) is 19.3 Å². The van der Waals surface area contributed by atoms with Crippen LogP contribution in [-0.4, -0.2) is 12.5 Å². The average Bonchev–Trinajstić information content (AvgIpc) is 1.99. The minimum absolute atomic E-state index is 0.135. The third-order valence-corrected chi connectivity index (χ3v) is 1.58. The van der Waals surface area contributed by atoms with Crippen LogP contribution in [0.5, 0.6) is 0 Å². The summed E-state index contributed by atoms with van der Waals surface area (Å²) >= 11 is 0. The van der Waals surface area contributed by atoms with Gasteiger partial charge in [0.25, 0.3) is 0 Å². The quantitative estimate of drug-likeness (QED) is 0.585. The molecule has 65 valence electrons. The normalized spacial score (nSPS) is 9.64. The van der Waals surface area contributed by atoms with Gasteiger partial charge in [-0.15, -0.1) is 0 Å². The number of amides is 1. The molecule has 1 amide bonds. The Balaban J connectivity index is 3.04. The van der Waals surface area contributed by atoms with Gasteiger partial charge in [0.05, 0.1) is 0 Å². The fourth-order valence-electron chi connectivity index (χ4n) is 0.940. The lowest BCUT2D eigenvalue weighted by Crippen LogP contribution is -2.22. The van der Waals surface area contributed by atoms with E-state index in [-0.39, 0.29) is 5.91 Å². The third-order valence-electron chi connectivity index (χ3n) is 1.58. The van der Waals surface area contributed by atoms with Crippen LogP contribution in [0.15, 0.2) is 0 Å². The Kier molecular flexibility index (Phi) is 7.21. The molecule has 0 saturated carbocycles. The topological polar surface area (TPSA) is 29.1 Å². The van der Waals surface area contributed by atoms with Crippen molar-refractivity contribution in [1.82, 2.24) is 5.32 Å². The lowest BCUT2D eigenvalue weighted by molar-refractivity contribution is -0.121. The number of rotatable bonds is 6. The Labute approximate surface area is 69.4 Å². The predicted octanol–water partition coefficient (Wildman–Crippen LogP) is 1.91. The van der Waals surface area contributed by atoms with Crippen molar-refractivity contribution in [2.24, 2.45) is 0 Å². The molecule has 0 rings (SSSR count). The molecular formula is C9H18NO. The molecule has 0 heterocycles. The van der Waals surface area contributed by atoms with Crippen LogP contribution in [-0.2, 0) is 4.79 Å². The molecule has 0 aliphatic carbocycles. The largest absolute Gasteiger partial charge is 0.356 e. The van der Waals surface area contributed by atoms with Crippen LogP contribution in [0.2, 0.25) is 0 Å². The van der Waals surface area contributed by atoms with Crippen molar-refractivity contribution in [3.63, 3.8) is 0 Å². The minimum atomic E-state index is 0.135. The van der Waals surface area contributed by atoms with Gasteiger partial charge < -0.3 is 5.32 Å². The number of nitrogens with one attached hydrogen (secondary N) is 1. The Hall–Kier alpha value is -0.530. The van der Waals surface area contributed by atoms with Crippen LogP contribution in [0.3, 0.4) is 0 Å². The van der Waals surface area contributed by atoms with Crippen LogP contribution in [0, 0.1) is 6.92 Å². The van der Waals surface area contributed by atoms with E-state index in [0.717, 1.165) is 6.42 Å². The summed E-state index contributed by atoms with van der Waals surface area (Å²) in [5, 5.41) is 2.67. The monoisotopic (exact) mass is 156 g/mol. The van der Waals surface area contributed by atoms with E-state index in [4.69, 9.17) is 0 Å². The van der Waals surface area contributed by atoms with Gasteiger partial charge in [-0.05, 0) is 13.3 Å². The van der Waals surface area contributed by atoms with Crippen molar-refractivity contribution < 1.29 is 4.79 Å². The van der Waals surface area contributed by atoms with Gasteiger partial charge >= 0.3 is 0 Å². The van der Waals surface area contributed by atoms with Gasteiger partial charge in [0.2, 0.25) is 5.91 Å². The molecule has 1 radical (unpaired) electrons. The fourth-order valence-corrected chi connectivity index (χ4v) is 0.940. The highest BCUT2D eigenvalue weighted by molar-refractivity contribution is 5.75. The molecule has 0 aromatic rings. The van der Waals surface area contributed by atoms with Crippen molar-refractivity contribution in [3.05, 3.63) is 6.92 Å². The molecule has 11 heavy (non-hydrogen) atoms. The van der Waals surface area contributed by atoms with Gasteiger partial charge in [-0.2, -0.15) is 0 Å². The molecule has 0 fully saturated rings. The molecule has 0 bridgehead atoms. The van der Waals surface area contributed by atoms with Crippen LogP contribution >= 0.6 is 0 Å². The molecule has 0 saturated heterocycles. The molecule has 0 atom stereocenters. The maximum Gasteiger partial charge on any atom is 0.219 e. The molecule has 2 nitrogen and oxygen atoms in total. The molecular weight excluding hydrogens is 138 g/mol. The highest BCUT2D eigenvalue weighted by Gasteiger charge is 1.96. The molecule has 0 unspecified atom stereocenters. The molecule has 0 aliphatic heterocycles. The number of unbranched alkanes of at least 4 members (excludes halogenated alkanes) is 3. The van der Waals surface area contributed by atoms with Crippen molar-refractivity contribution in [2.45, 2.75) is 39.0 Å². The summed E-state index contributed by atoms with van der Waals surface area (Å²) in [6, 6.07) is 0. The van der Waals surface area contributed by atoms with Gasteiger partial charge in [0.15, 0.2) is 0 Å². The van der Waals surface area contributed by atoms with Gasteiger partial charge in [0.1, 0.15) is 0 Å². The molecule has 0 aliphatic rings. The Bertz CT molecular complexity index is 102.